The molecule has 66 valence electrons. The summed E-state index contributed by atoms with van der Waals surface area (Å²) in [5, 5.41) is 0.323. The summed E-state index contributed by atoms with van der Waals surface area (Å²) in [6, 6.07) is 1.31. The minimum Gasteiger partial charge on any atom is -0.397 e. The first-order valence-electron chi connectivity index (χ1n) is 3.49. The maximum Gasteiger partial charge on any atom is 0.147 e. The van der Waals surface area contributed by atoms with Crippen molar-refractivity contribution in [3.63, 3.8) is 0 Å². The van der Waals surface area contributed by atoms with Crippen molar-refractivity contribution in [3.8, 4) is 0 Å². The third-order valence-corrected chi connectivity index (χ3v) is 2.25. The second kappa shape index (κ2) is 3.50. The van der Waals surface area contributed by atoms with Gasteiger partial charge in [0.1, 0.15) is 5.82 Å². The van der Waals surface area contributed by atoms with Crippen molar-refractivity contribution in [2.24, 2.45) is 0 Å². The molecule has 4 heteroatoms. The van der Waals surface area contributed by atoms with Gasteiger partial charge in [-0.3, -0.25) is 0 Å². The molecule has 0 atom stereocenters. The molecule has 0 saturated heterocycles. The topological polar surface area (TPSA) is 26.0 Å². The lowest BCUT2D eigenvalue weighted by Crippen LogP contribution is -1.98. The Kier molecular flexibility index (Phi) is 2.80. The van der Waals surface area contributed by atoms with Gasteiger partial charge in [0.15, 0.2) is 0 Å². The van der Waals surface area contributed by atoms with Crippen LogP contribution in [-0.4, -0.2) is 0 Å². The van der Waals surface area contributed by atoms with Crippen molar-refractivity contribution in [2.45, 2.75) is 13.3 Å². The summed E-state index contributed by atoms with van der Waals surface area (Å²) in [6.45, 7) is 1.79. The van der Waals surface area contributed by atoms with E-state index in [2.05, 4.69) is 0 Å². The Bertz CT molecular complexity index is 286. The van der Waals surface area contributed by atoms with E-state index in [0.29, 0.717) is 17.0 Å². The van der Waals surface area contributed by atoms with E-state index in [-0.39, 0.29) is 10.7 Å². The Morgan fingerprint density at radius 3 is 2.50 bits per heavy atom. The molecular formula is C8H8Cl2FN. The average molecular weight is 208 g/mol. The first-order valence-corrected chi connectivity index (χ1v) is 4.25. The van der Waals surface area contributed by atoms with E-state index < -0.39 is 5.82 Å². The zero-order chi connectivity index (χ0) is 9.30. The molecule has 0 aliphatic carbocycles. The molecule has 0 radical (unpaired) electrons. The molecule has 1 rings (SSSR count). The van der Waals surface area contributed by atoms with Crippen molar-refractivity contribution < 1.29 is 4.39 Å². The minimum atomic E-state index is -0.471. The quantitative estimate of drug-likeness (QED) is 0.556. The van der Waals surface area contributed by atoms with Gasteiger partial charge in [0.05, 0.1) is 15.7 Å². The molecule has 0 saturated carbocycles. The van der Waals surface area contributed by atoms with Gasteiger partial charge in [0, 0.05) is 5.56 Å². The average Bonchev–Trinajstić information content (AvgIpc) is 2.02. The number of hydrogen-bond donors (Lipinski definition) is 1. The van der Waals surface area contributed by atoms with Crippen molar-refractivity contribution >= 4 is 28.9 Å². The normalized spacial score (nSPS) is 10.3. The predicted octanol–water partition coefficient (Wildman–Crippen LogP) is 3.28. The summed E-state index contributed by atoms with van der Waals surface area (Å²) in [5.74, 6) is -0.471. The number of anilines is 1. The molecule has 12 heavy (non-hydrogen) atoms. The maximum absolute atomic E-state index is 13.2. The zero-order valence-corrected chi connectivity index (χ0v) is 8.01. The third kappa shape index (κ3) is 1.50. The highest BCUT2D eigenvalue weighted by Gasteiger charge is 2.12. The minimum absolute atomic E-state index is 0.0195. The van der Waals surface area contributed by atoms with E-state index in [0.717, 1.165) is 0 Å². The molecular weight excluding hydrogens is 200 g/mol. The van der Waals surface area contributed by atoms with Crippen LogP contribution in [-0.2, 0) is 6.42 Å². The number of halogens is 3. The van der Waals surface area contributed by atoms with Crippen molar-refractivity contribution in [3.05, 3.63) is 27.5 Å². The Balaban J connectivity index is 3.42. The summed E-state index contributed by atoms with van der Waals surface area (Å²) in [7, 11) is 0. The van der Waals surface area contributed by atoms with Crippen LogP contribution in [0.4, 0.5) is 10.1 Å². The van der Waals surface area contributed by atoms with E-state index in [1.165, 1.54) is 6.07 Å². The van der Waals surface area contributed by atoms with Gasteiger partial charge < -0.3 is 5.73 Å². The molecule has 0 unspecified atom stereocenters. The molecule has 0 amide bonds. The lowest BCUT2D eigenvalue weighted by atomic mass is 10.1. The fourth-order valence-corrected chi connectivity index (χ4v) is 1.51. The van der Waals surface area contributed by atoms with E-state index in [1.807, 2.05) is 0 Å². The molecule has 0 aromatic heterocycles. The molecule has 2 N–H and O–H groups in total. The molecule has 0 spiro atoms. The summed E-state index contributed by atoms with van der Waals surface area (Å²) >= 11 is 11.2. The summed E-state index contributed by atoms with van der Waals surface area (Å²) in [5.41, 5.74) is 6.19. The summed E-state index contributed by atoms with van der Waals surface area (Å²) in [6.07, 6.45) is 0.484. The molecule has 0 aliphatic rings. The Morgan fingerprint density at radius 1 is 1.42 bits per heavy atom. The van der Waals surface area contributed by atoms with Crippen LogP contribution < -0.4 is 5.73 Å². The Labute approximate surface area is 80.3 Å². The Morgan fingerprint density at radius 2 is 2.00 bits per heavy atom. The molecule has 1 aromatic rings. The number of hydrogen-bond acceptors (Lipinski definition) is 1. The standard InChI is InChI=1S/C8H8Cl2FN/c1-2-4-7(11)5(9)3-6(10)8(4)12/h3H,2,12H2,1H3. The van der Waals surface area contributed by atoms with Crippen molar-refractivity contribution in [1.29, 1.82) is 0 Å². The highest BCUT2D eigenvalue weighted by Crippen LogP contribution is 2.31. The van der Waals surface area contributed by atoms with Crippen LogP contribution in [0, 0.1) is 5.82 Å². The van der Waals surface area contributed by atoms with Crippen LogP contribution in [0.1, 0.15) is 12.5 Å². The van der Waals surface area contributed by atoms with Crippen molar-refractivity contribution in [2.75, 3.05) is 5.73 Å². The van der Waals surface area contributed by atoms with Crippen LogP contribution >= 0.6 is 23.2 Å². The molecule has 0 fully saturated rings. The van der Waals surface area contributed by atoms with Crippen LogP contribution in [0.3, 0.4) is 0 Å². The lowest BCUT2D eigenvalue weighted by molar-refractivity contribution is 0.614. The summed E-state index contributed by atoms with van der Waals surface area (Å²) in [4.78, 5) is 0. The zero-order valence-electron chi connectivity index (χ0n) is 6.50. The van der Waals surface area contributed by atoms with Gasteiger partial charge in [-0.2, -0.15) is 0 Å². The van der Waals surface area contributed by atoms with Crippen LogP contribution in [0.5, 0.6) is 0 Å². The molecule has 0 heterocycles. The SMILES string of the molecule is CCc1c(N)c(Cl)cc(Cl)c1F. The van der Waals surface area contributed by atoms with E-state index in [9.17, 15) is 4.39 Å². The second-order valence-corrected chi connectivity index (χ2v) is 3.21. The Hall–Kier alpha value is -0.470. The summed E-state index contributed by atoms with van der Waals surface area (Å²) < 4.78 is 13.2. The van der Waals surface area contributed by atoms with Gasteiger partial charge in [-0.05, 0) is 12.5 Å². The maximum atomic E-state index is 13.2. The smallest absolute Gasteiger partial charge is 0.147 e. The third-order valence-electron chi connectivity index (χ3n) is 1.66. The number of benzene rings is 1. The molecule has 0 aliphatic heterocycles. The van der Waals surface area contributed by atoms with E-state index in [1.54, 1.807) is 6.92 Å². The second-order valence-electron chi connectivity index (χ2n) is 2.40. The van der Waals surface area contributed by atoms with Gasteiger partial charge in [0.2, 0.25) is 0 Å². The number of nitrogens with two attached hydrogens (primary N) is 1. The fraction of sp³-hybridized carbons (Fsp3) is 0.250. The first-order chi connectivity index (χ1) is 5.57. The first kappa shape index (κ1) is 9.62. The van der Waals surface area contributed by atoms with E-state index >= 15 is 0 Å². The monoisotopic (exact) mass is 207 g/mol. The number of nitrogen functional groups attached to an aromatic ring is 1. The van der Waals surface area contributed by atoms with Crippen molar-refractivity contribution in [1.82, 2.24) is 0 Å². The fourth-order valence-electron chi connectivity index (χ4n) is 1.00. The highest BCUT2D eigenvalue weighted by molar-refractivity contribution is 6.36. The number of rotatable bonds is 1. The highest BCUT2D eigenvalue weighted by atomic mass is 35.5. The van der Waals surface area contributed by atoms with Gasteiger partial charge in [-0.1, -0.05) is 30.1 Å². The van der Waals surface area contributed by atoms with Gasteiger partial charge in [-0.25, -0.2) is 4.39 Å². The van der Waals surface area contributed by atoms with Gasteiger partial charge >= 0.3 is 0 Å². The lowest BCUT2D eigenvalue weighted by Gasteiger charge is -2.07. The van der Waals surface area contributed by atoms with Crippen LogP contribution in [0.15, 0.2) is 6.07 Å². The molecule has 1 nitrogen and oxygen atoms in total. The largest absolute Gasteiger partial charge is 0.397 e. The van der Waals surface area contributed by atoms with E-state index in [4.69, 9.17) is 28.9 Å². The molecule has 1 aromatic carbocycles. The molecule has 0 bridgehead atoms. The van der Waals surface area contributed by atoms with Crippen LogP contribution in [0.25, 0.3) is 0 Å². The predicted molar refractivity (Wildman–Crippen MR) is 50.2 cm³/mol. The van der Waals surface area contributed by atoms with Crippen LogP contribution in [0.2, 0.25) is 10.0 Å². The van der Waals surface area contributed by atoms with Gasteiger partial charge in [0.25, 0.3) is 0 Å². The van der Waals surface area contributed by atoms with Gasteiger partial charge in [-0.15, -0.1) is 0 Å².